The fraction of sp³-hybridized carbons (Fsp3) is 0.400. The van der Waals surface area contributed by atoms with E-state index in [1.807, 2.05) is 0 Å². The van der Waals surface area contributed by atoms with Crippen LogP contribution in [0, 0.1) is 10.1 Å². The van der Waals surface area contributed by atoms with Crippen molar-refractivity contribution >= 4 is 17.3 Å². The van der Waals surface area contributed by atoms with Gasteiger partial charge in [0, 0.05) is 29.7 Å². The van der Waals surface area contributed by atoms with Crippen molar-refractivity contribution in [2.75, 3.05) is 20.2 Å². The molecule has 0 aliphatic rings. The summed E-state index contributed by atoms with van der Waals surface area (Å²) in [5.74, 6) is 0. The highest BCUT2D eigenvalue weighted by molar-refractivity contribution is 6.30. The van der Waals surface area contributed by atoms with E-state index in [0.717, 1.165) is 0 Å². The zero-order valence-corrected chi connectivity index (χ0v) is 9.65. The van der Waals surface area contributed by atoms with E-state index >= 15 is 0 Å². The van der Waals surface area contributed by atoms with Gasteiger partial charge in [-0.1, -0.05) is 11.6 Å². The predicted octanol–water partition coefficient (Wildman–Crippen LogP) is 1.67. The molecule has 88 valence electrons. The molecule has 0 heterocycles. The van der Waals surface area contributed by atoms with E-state index in [1.165, 1.54) is 6.07 Å². The smallest absolute Gasteiger partial charge is 0.275 e. The Bertz CT molecular complexity index is 384. The zero-order chi connectivity index (χ0) is 12.1. The van der Waals surface area contributed by atoms with Gasteiger partial charge in [0.1, 0.15) is 0 Å². The minimum Gasteiger partial charge on any atom is -0.395 e. The van der Waals surface area contributed by atoms with Crippen LogP contribution in [0.25, 0.3) is 0 Å². The summed E-state index contributed by atoms with van der Waals surface area (Å²) in [4.78, 5) is 12.1. The van der Waals surface area contributed by atoms with Gasteiger partial charge in [0.25, 0.3) is 5.69 Å². The van der Waals surface area contributed by atoms with Crippen molar-refractivity contribution in [3.8, 4) is 0 Å². The van der Waals surface area contributed by atoms with Crippen LogP contribution in [0.1, 0.15) is 5.56 Å². The van der Waals surface area contributed by atoms with Crippen LogP contribution >= 0.6 is 11.6 Å². The van der Waals surface area contributed by atoms with Crippen LogP contribution in [0.15, 0.2) is 18.2 Å². The maximum atomic E-state index is 10.8. The summed E-state index contributed by atoms with van der Waals surface area (Å²) in [7, 11) is 1.79. The number of nitro groups is 1. The highest BCUT2D eigenvalue weighted by Crippen LogP contribution is 2.23. The van der Waals surface area contributed by atoms with Crippen molar-refractivity contribution < 1.29 is 10.0 Å². The lowest BCUT2D eigenvalue weighted by Crippen LogP contribution is -2.21. The average molecular weight is 245 g/mol. The minimum atomic E-state index is -0.450. The van der Waals surface area contributed by atoms with Crippen molar-refractivity contribution in [2.24, 2.45) is 0 Å². The maximum absolute atomic E-state index is 10.8. The van der Waals surface area contributed by atoms with Crippen LogP contribution in [-0.4, -0.2) is 35.1 Å². The van der Waals surface area contributed by atoms with Crippen LogP contribution in [-0.2, 0) is 6.54 Å². The standard InChI is InChI=1S/C10H13ClN2O3/c1-12(4-5-14)7-8-2-3-9(11)6-10(8)13(15)16/h2-3,6,14H,4-5,7H2,1H3. The van der Waals surface area contributed by atoms with Gasteiger partial charge in [-0.15, -0.1) is 0 Å². The van der Waals surface area contributed by atoms with Crippen molar-refractivity contribution in [1.82, 2.24) is 4.90 Å². The third kappa shape index (κ3) is 3.44. The number of aliphatic hydroxyl groups excluding tert-OH is 1. The Morgan fingerprint density at radius 1 is 1.56 bits per heavy atom. The first kappa shape index (κ1) is 12.9. The molecule has 1 rings (SSSR count). The van der Waals surface area contributed by atoms with E-state index in [0.29, 0.717) is 23.7 Å². The van der Waals surface area contributed by atoms with Gasteiger partial charge in [-0.2, -0.15) is 0 Å². The van der Waals surface area contributed by atoms with Crippen molar-refractivity contribution in [2.45, 2.75) is 6.54 Å². The Kier molecular flexibility index (Phi) is 4.67. The van der Waals surface area contributed by atoms with Gasteiger partial charge in [0.05, 0.1) is 11.5 Å². The number of likely N-dealkylation sites (N-methyl/N-ethyl adjacent to an activating group) is 1. The van der Waals surface area contributed by atoms with E-state index in [1.54, 1.807) is 24.1 Å². The number of hydrogen-bond donors (Lipinski definition) is 1. The second-order valence-electron chi connectivity index (χ2n) is 3.49. The lowest BCUT2D eigenvalue weighted by Gasteiger charge is -2.14. The molecule has 16 heavy (non-hydrogen) atoms. The Hall–Kier alpha value is -1.17. The first-order chi connectivity index (χ1) is 7.54. The van der Waals surface area contributed by atoms with Crippen LogP contribution in [0.3, 0.4) is 0 Å². The van der Waals surface area contributed by atoms with Gasteiger partial charge < -0.3 is 5.11 Å². The Morgan fingerprint density at radius 2 is 2.25 bits per heavy atom. The van der Waals surface area contributed by atoms with Gasteiger partial charge in [0.2, 0.25) is 0 Å². The molecular weight excluding hydrogens is 232 g/mol. The lowest BCUT2D eigenvalue weighted by molar-refractivity contribution is -0.385. The first-order valence-electron chi connectivity index (χ1n) is 4.77. The molecule has 5 nitrogen and oxygen atoms in total. The monoisotopic (exact) mass is 244 g/mol. The largest absolute Gasteiger partial charge is 0.395 e. The van der Waals surface area contributed by atoms with E-state index in [-0.39, 0.29) is 12.3 Å². The second-order valence-corrected chi connectivity index (χ2v) is 3.93. The molecular formula is C10H13ClN2O3. The summed E-state index contributed by atoms with van der Waals surface area (Å²) in [6, 6.07) is 4.59. The Balaban J connectivity index is 2.90. The van der Waals surface area contributed by atoms with Crippen molar-refractivity contribution in [3.63, 3.8) is 0 Å². The second kappa shape index (κ2) is 5.79. The molecule has 0 aliphatic carbocycles. The molecule has 0 saturated carbocycles. The van der Waals surface area contributed by atoms with Crippen LogP contribution in [0.2, 0.25) is 5.02 Å². The van der Waals surface area contributed by atoms with Gasteiger partial charge in [-0.25, -0.2) is 0 Å². The van der Waals surface area contributed by atoms with Crippen molar-refractivity contribution in [1.29, 1.82) is 0 Å². The molecule has 0 aromatic heterocycles. The topological polar surface area (TPSA) is 66.6 Å². The molecule has 0 spiro atoms. The summed E-state index contributed by atoms with van der Waals surface area (Å²) in [6.45, 7) is 0.908. The molecule has 0 saturated heterocycles. The summed E-state index contributed by atoms with van der Waals surface area (Å²) in [5.41, 5.74) is 0.600. The Labute approximate surface area is 98.4 Å². The summed E-state index contributed by atoms with van der Waals surface area (Å²) < 4.78 is 0. The molecule has 0 radical (unpaired) electrons. The third-order valence-electron chi connectivity index (χ3n) is 2.17. The molecule has 1 aromatic rings. The molecule has 6 heteroatoms. The average Bonchev–Trinajstić information content (AvgIpc) is 2.20. The minimum absolute atomic E-state index is 0.0114. The maximum Gasteiger partial charge on any atom is 0.275 e. The highest BCUT2D eigenvalue weighted by Gasteiger charge is 2.15. The molecule has 0 aliphatic heterocycles. The fourth-order valence-electron chi connectivity index (χ4n) is 1.38. The highest BCUT2D eigenvalue weighted by atomic mass is 35.5. The molecule has 0 amide bonds. The van der Waals surface area contributed by atoms with Gasteiger partial charge in [0.15, 0.2) is 0 Å². The van der Waals surface area contributed by atoms with Crippen LogP contribution in [0.5, 0.6) is 0 Å². The van der Waals surface area contributed by atoms with Crippen LogP contribution in [0.4, 0.5) is 5.69 Å². The summed E-state index contributed by atoms with van der Waals surface area (Å²) in [6.07, 6.45) is 0. The van der Waals surface area contributed by atoms with Gasteiger partial charge >= 0.3 is 0 Å². The van der Waals surface area contributed by atoms with E-state index in [9.17, 15) is 10.1 Å². The third-order valence-corrected chi connectivity index (χ3v) is 2.40. The van der Waals surface area contributed by atoms with Crippen LogP contribution < -0.4 is 0 Å². The zero-order valence-electron chi connectivity index (χ0n) is 8.89. The van der Waals surface area contributed by atoms with E-state index in [4.69, 9.17) is 16.7 Å². The molecule has 0 bridgehead atoms. The summed E-state index contributed by atoms with van der Waals surface area (Å²) >= 11 is 5.70. The first-order valence-corrected chi connectivity index (χ1v) is 5.14. The number of nitrogens with zero attached hydrogens (tertiary/aromatic N) is 2. The normalized spacial score (nSPS) is 10.8. The lowest BCUT2D eigenvalue weighted by atomic mass is 10.1. The number of nitro benzene ring substituents is 1. The molecule has 0 atom stereocenters. The Morgan fingerprint density at radius 3 is 2.81 bits per heavy atom. The predicted molar refractivity (Wildman–Crippen MR) is 61.5 cm³/mol. The molecule has 0 unspecified atom stereocenters. The quantitative estimate of drug-likeness (QED) is 0.632. The SMILES string of the molecule is CN(CCO)Cc1ccc(Cl)cc1[N+](=O)[O-]. The van der Waals surface area contributed by atoms with Crippen molar-refractivity contribution in [3.05, 3.63) is 38.9 Å². The number of hydrogen-bond acceptors (Lipinski definition) is 4. The number of halogens is 1. The van der Waals surface area contributed by atoms with Gasteiger partial charge in [-0.3, -0.25) is 15.0 Å². The summed E-state index contributed by atoms with van der Waals surface area (Å²) in [5, 5.41) is 19.9. The number of rotatable bonds is 5. The molecule has 1 aromatic carbocycles. The van der Waals surface area contributed by atoms with E-state index < -0.39 is 4.92 Å². The molecule has 0 fully saturated rings. The van der Waals surface area contributed by atoms with Gasteiger partial charge in [-0.05, 0) is 19.2 Å². The fourth-order valence-corrected chi connectivity index (χ4v) is 1.55. The number of aliphatic hydroxyl groups is 1. The van der Waals surface area contributed by atoms with E-state index in [2.05, 4.69) is 0 Å². The number of benzene rings is 1. The molecule has 1 N–H and O–H groups in total.